The van der Waals surface area contributed by atoms with Gasteiger partial charge in [-0.15, -0.1) is 0 Å². The Morgan fingerprint density at radius 2 is 2.10 bits per heavy atom. The van der Waals surface area contributed by atoms with Gasteiger partial charge in [0.05, 0.1) is 31.5 Å². The van der Waals surface area contributed by atoms with Crippen LogP contribution in [-0.4, -0.2) is 30.0 Å². The Morgan fingerprint density at radius 1 is 1.38 bits per heavy atom. The van der Waals surface area contributed by atoms with E-state index in [-0.39, 0.29) is 29.6 Å². The van der Waals surface area contributed by atoms with Gasteiger partial charge in [-0.1, -0.05) is 51.1 Å². The van der Waals surface area contributed by atoms with Gasteiger partial charge < -0.3 is 14.6 Å². The Bertz CT molecular complexity index is 475. The Balaban J connectivity index is 1.50. The van der Waals surface area contributed by atoms with E-state index >= 15 is 0 Å². The fourth-order valence-electron chi connectivity index (χ4n) is 3.63. The third kappa shape index (κ3) is 2.87. The van der Waals surface area contributed by atoms with Gasteiger partial charge in [-0.3, -0.25) is 0 Å². The monoisotopic (exact) mass is 290 g/mol. The summed E-state index contributed by atoms with van der Waals surface area (Å²) in [6.07, 6.45) is 1.08. The van der Waals surface area contributed by atoms with Gasteiger partial charge in [0, 0.05) is 17.3 Å². The summed E-state index contributed by atoms with van der Waals surface area (Å²) >= 11 is 0. The van der Waals surface area contributed by atoms with Crippen LogP contribution in [0.1, 0.15) is 32.8 Å². The number of aliphatic hydroxyl groups is 1. The van der Waals surface area contributed by atoms with Crippen LogP contribution < -0.4 is 0 Å². The first-order valence-electron chi connectivity index (χ1n) is 7.97. The number of hydrogen-bond donors (Lipinski definition) is 1. The smallest absolute Gasteiger partial charge is 0.0717 e. The van der Waals surface area contributed by atoms with E-state index in [0.717, 1.165) is 6.42 Å². The number of hydrogen-bond acceptors (Lipinski definition) is 3. The molecule has 1 aromatic carbocycles. The number of rotatable bonds is 5. The molecule has 0 amide bonds. The van der Waals surface area contributed by atoms with E-state index in [1.54, 1.807) is 0 Å². The lowest BCUT2D eigenvalue weighted by Gasteiger charge is -2.39. The fourth-order valence-corrected chi connectivity index (χ4v) is 3.63. The average Bonchev–Trinajstić information content (AvgIpc) is 3.16. The highest BCUT2D eigenvalue weighted by Crippen LogP contribution is 2.57. The summed E-state index contributed by atoms with van der Waals surface area (Å²) in [4.78, 5) is 0. The number of fused-ring (bicyclic) bond motifs is 1. The normalized spacial score (nSPS) is 39.6. The van der Waals surface area contributed by atoms with Crippen molar-refractivity contribution >= 4 is 0 Å². The summed E-state index contributed by atoms with van der Waals surface area (Å²) in [5, 5.41) is 10.4. The minimum atomic E-state index is -0.252. The van der Waals surface area contributed by atoms with Crippen molar-refractivity contribution in [3.05, 3.63) is 35.9 Å². The number of benzene rings is 1. The molecule has 0 aromatic heterocycles. The maximum atomic E-state index is 10.4. The lowest BCUT2D eigenvalue weighted by molar-refractivity contribution is -0.145. The molecule has 21 heavy (non-hydrogen) atoms. The maximum Gasteiger partial charge on any atom is 0.0717 e. The SMILES string of the molecule is C[C@@H]1[C@H]([C@@H](C)COCc2ccccc2)O[C@@H]2C[C@]2(C)[C@@H]1O. The molecule has 1 saturated carbocycles. The molecule has 1 aliphatic heterocycles. The van der Waals surface area contributed by atoms with E-state index in [4.69, 9.17) is 9.47 Å². The van der Waals surface area contributed by atoms with Crippen molar-refractivity contribution in [2.75, 3.05) is 6.61 Å². The van der Waals surface area contributed by atoms with Gasteiger partial charge in [-0.25, -0.2) is 0 Å². The Morgan fingerprint density at radius 3 is 2.81 bits per heavy atom. The largest absolute Gasteiger partial charge is 0.392 e. The van der Waals surface area contributed by atoms with Crippen molar-refractivity contribution < 1.29 is 14.6 Å². The molecule has 6 atom stereocenters. The number of ether oxygens (including phenoxy) is 2. The Labute approximate surface area is 127 Å². The van der Waals surface area contributed by atoms with Crippen molar-refractivity contribution in [1.82, 2.24) is 0 Å². The highest BCUT2D eigenvalue weighted by atomic mass is 16.5. The molecule has 0 bridgehead atoms. The van der Waals surface area contributed by atoms with Crippen LogP contribution in [0.4, 0.5) is 0 Å². The van der Waals surface area contributed by atoms with Crippen molar-refractivity contribution in [3.63, 3.8) is 0 Å². The minimum absolute atomic E-state index is 0.000528. The third-order valence-electron chi connectivity index (χ3n) is 5.27. The summed E-state index contributed by atoms with van der Waals surface area (Å²) in [5.41, 5.74) is 1.19. The molecule has 1 saturated heterocycles. The predicted molar refractivity (Wildman–Crippen MR) is 81.8 cm³/mol. The first-order valence-corrected chi connectivity index (χ1v) is 7.97. The van der Waals surface area contributed by atoms with E-state index in [0.29, 0.717) is 19.1 Å². The Hall–Kier alpha value is -0.900. The molecule has 3 rings (SSSR count). The quantitative estimate of drug-likeness (QED) is 0.906. The molecule has 2 aliphatic rings. The molecule has 0 radical (unpaired) electrons. The summed E-state index contributed by atoms with van der Waals surface area (Å²) in [7, 11) is 0. The van der Waals surface area contributed by atoms with Gasteiger partial charge in [0.25, 0.3) is 0 Å². The van der Waals surface area contributed by atoms with Gasteiger partial charge in [0.2, 0.25) is 0 Å². The molecule has 0 unspecified atom stereocenters. The van der Waals surface area contributed by atoms with E-state index in [1.807, 2.05) is 18.2 Å². The molecular weight excluding hydrogens is 264 g/mol. The molecule has 1 aromatic rings. The van der Waals surface area contributed by atoms with Gasteiger partial charge in [-0.05, 0) is 12.0 Å². The van der Waals surface area contributed by atoms with Crippen LogP contribution in [0.15, 0.2) is 30.3 Å². The molecule has 1 N–H and O–H groups in total. The first-order chi connectivity index (χ1) is 10.0. The molecule has 0 spiro atoms. The zero-order valence-electron chi connectivity index (χ0n) is 13.2. The van der Waals surface area contributed by atoms with Crippen LogP contribution in [0.5, 0.6) is 0 Å². The average molecular weight is 290 g/mol. The van der Waals surface area contributed by atoms with E-state index in [1.165, 1.54) is 5.56 Å². The van der Waals surface area contributed by atoms with Crippen molar-refractivity contribution in [2.24, 2.45) is 17.3 Å². The molecule has 116 valence electrons. The minimum Gasteiger partial charge on any atom is -0.392 e. The molecule has 1 aliphatic carbocycles. The summed E-state index contributed by atoms with van der Waals surface area (Å²) in [6, 6.07) is 10.2. The standard InChI is InChI=1S/C18H26O3/c1-12(10-20-11-14-7-5-4-6-8-14)16-13(2)17(19)18(3)9-15(18)21-16/h4-8,12-13,15-17,19H,9-11H2,1-3H3/t12-,13+,15+,16-,17+,18-/m0/s1. The zero-order valence-corrected chi connectivity index (χ0v) is 13.2. The third-order valence-corrected chi connectivity index (χ3v) is 5.27. The van der Waals surface area contributed by atoms with Gasteiger partial charge in [-0.2, -0.15) is 0 Å². The summed E-state index contributed by atoms with van der Waals surface area (Å²) in [6.45, 7) is 7.69. The van der Waals surface area contributed by atoms with Gasteiger partial charge in [0.1, 0.15) is 0 Å². The fraction of sp³-hybridized carbons (Fsp3) is 0.667. The predicted octanol–water partition coefficient (Wildman–Crippen LogP) is 3.01. The van der Waals surface area contributed by atoms with E-state index in [2.05, 4.69) is 32.9 Å². The Kier molecular flexibility index (Phi) is 4.08. The second-order valence-electron chi connectivity index (χ2n) is 7.08. The van der Waals surface area contributed by atoms with Crippen molar-refractivity contribution in [3.8, 4) is 0 Å². The second kappa shape index (κ2) is 5.71. The van der Waals surface area contributed by atoms with Crippen LogP contribution >= 0.6 is 0 Å². The van der Waals surface area contributed by atoms with Crippen LogP contribution in [0.2, 0.25) is 0 Å². The molecule has 2 fully saturated rings. The van der Waals surface area contributed by atoms with E-state index in [9.17, 15) is 5.11 Å². The summed E-state index contributed by atoms with van der Waals surface area (Å²) < 4.78 is 12.0. The molecule has 3 nitrogen and oxygen atoms in total. The second-order valence-corrected chi connectivity index (χ2v) is 7.08. The highest BCUT2D eigenvalue weighted by molar-refractivity contribution is 5.13. The van der Waals surface area contributed by atoms with E-state index < -0.39 is 0 Å². The lowest BCUT2D eigenvalue weighted by Crippen LogP contribution is -2.47. The zero-order chi connectivity index (χ0) is 15.0. The topological polar surface area (TPSA) is 38.7 Å². The highest BCUT2D eigenvalue weighted by Gasteiger charge is 2.63. The summed E-state index contributed by atoms with van der Waals surface area (Å²) in [5.74, 6) is 0.465. The maximum absolute atomic E-state index is 10.4. The van der Waals surface area contributed by atoms with Gasteiger partial charge in [0.15, 0.2) is 0 Å². The molecule has 1 heterocycles. The lowest BCUT2D eigenvalue weighted by atomic mass is 9.80. The van der Waals surface area contributed by atoms with Crippen molar-refractivity contribution in [1.29, 1.82) is 0 Å². The number of aliphatic hydroxyl groups excluding tert-OH is 1. The van der Waals surface area contributed by atoms with Crippen LogP contribution in [0, 0.1) is 17.3 Å². The van der Waals surface area contributed by atoms with Crippen LogP contribution in [-0.2, 0) is 16.1 Å². The van der Waals surface area contributed by atoms with Crippen LogP contribution in [0.3, 0.4) is 0 Å². The molecule has 3 heteroatoms. The van der Waals surface area contributed by atoms with Gasteiger partial charge >= 0.3 is 0 Å². The molecular formula is C18H26O3. The first kappa shape index (κ1) is 15.0. The van der Waals surface area contributed by atoms with Crippen molar-refractivity contribution in [2.45, 2.75) is 52.1 Å². The van der Waals surface area contributed by atoms with Crippen LogP contribution in [0.25, 0.3) is 0 Å².